The number of nitrogens with one attached hydrogen (secondary N) is 1. The Morgan fingerprint density at radius 3 is 2.81 bits per heavy atom. The third-order valence-electron chi connectivity index (χ3n) is 3.15. The van der Waals surface area contributed by atoms with Crippen LogP contribution in [0.25, 0.3) is 10.9 Å². The van der Waals surface area contributed by atoms with Crippen molar-refractivity contribution >= 4 is 26.6 Å². The maximum Gasteiger partial charge on any atom is 0.270 e. The molecule has 1 N–H and O–H groups in total. The van der Waals surface area contributed by atoms with Crippen molar-refractivity contribution in [2.75, 3.05) is 5.75 Å². The SMILES string of the molecule is O=C(N[C@@H]1C=CS(=O)(=O)C1)c1ccc2cccc(F)c2n1. The molecule has 1 aromatic carbocycles. The lowest BCUT2D eigenvalue weighted by Crippen LogP contribution is -2.35. The van der Waals surface area contributed by atoms with Crippen molar-refractivity contribution in [2.24, 2.45) is 0 Å². The third kappa shape index (κ3) is 2.78. The fourth-order valence-electron chi connectivity index (χ4n) is 2.15. The van der Waals surface area contributed by atoms with Crippen molar-refractivity contribution in [2.45, 2.75) is 6.04 Å². The molecule has 0 fully saturated rings. The van der Waals surface area contributed by atoms with Crippen LogP contribution >= 0.6 is 0 Å². The maximum atomic E-state index is 13.7. The Balaban J connectivity index is 1.85. The Bertz CT molecular complexity index is 862. The van der Waals surface area contributed by atoms with Gasteiger partial charge >= 0.3 is 0 Å². The second-order valence-corrected chi connectivity index (χ2v) is 6.68. The predicted octanol–water partition coefficient (Wildman–Crippen LogP) is 1.41. The molecule has 1 atom stereocenters. The Kier molecular flexibility index (Phi) is 3.21. The normalized spacial score (nSPS) is 19.8. The lowest BCUT2D eigenvalue weighted by atomic mass is 10.2. The molecule has 2 heterocycles. The predicted molar refractivity (Wildman–Crippen MR) is 75.9 cm³/mol. The highest BCUT2D eigenvalue weighted by Gasteiger charge is 2.23. The van der Waals surface area contributed by atoms with Crippen molar-refractivity contribution in [1.82, 2.24) is 10.3 Å². The number of pyridine rings is 1. The molecule has 108 valence electrons. The first-order chi connectivity index (χ1) is 9.94. The summed E-state index contributed by atoms with van der Waals surface area (Å²) in [5, 5.41) is 4.21. The Morgan fingerprint density at radius 2 is 2.10 bits per heavy atom. The topological polar surface area (TPSA) is 76.1 Å². The lowest BCUT2D eigenvalue weighted by Gasteiger charge is -2.10. The van der Waals surface area contributed by atoms with Crippen molar-refractivity contribution in [3.05, 3.63) is 53.3 Å². The van der Waals surface area contributed by atoms with E-state index < -0.39 is 27.6 Å². The smallest absolute Gasteiger partial charge is 0.270 e. The van der Waals surface area contributed by atoms with Crippen LogP contribution in [0.2, 0.25) is 0 Å². The summed E-state index contributed by atoms with van der Waals surface area (Å²) < 4.78 is 36.2. The highest BCUT2D eigenvalue weighted by molar-refractivity contribution is 7.94. The summed E-state index contributed by atoms with van der Waals surface area (Å²) in [6.07, 6.45) is 1.41. The fraction of sp³-hybridized carbons (Fsp3) is 0.143. The lowest BCUT2D eigenvalue weighted by molar-refractivity contribution is 0.0943. The van der Waals surface area contributed by atoms with E-state index in [1.807, 2.05) is 0 Å². The number of sulfone groups is 1. The molecule has 0 radical (unpaired) electrons. The minimum Gasteiger partial charge on any atom is -0.343 e. The minimum absolute atomic E-state index is 0.0466. The average Bonchev–Trinajstić information content (AvgIpc) is 2.78. The Labute approximate surface area is 120 Å². The first-order valence-corrected chi connectivity index (χ1v) is 7.93. The van der Waals surface area contributed by atoms with Crippen molar-refractivity contribution < 1.29 is 17.6 Å². The van der Waals surface area contributed by atoms with Gasteiger partial charge in [-0.2, -0.15) is 0 Å². The van der Waals surface area contributed by atoms with Gasteiger partial charge in [0.15, 0.2) is 9.84 Å². The molecule has 0 unspecified atom stereocenters. The number of carbonyl (C=O) groups is 1. The second-order valence-electron chi connectivity index (χ2n) is 4.75. The molecule has 0 aliphatic carbocycles. The number of aromatic nitrogens is 1. The largest absolute Gasteiger partial charge is 0.343 e. The monoisotopic (exact) mass is 306 g/mol. The molecular weight excluding hydrogens is 295 g/mol. The molecule has 7 heteroatoms. The van der Waals surface area contributed by atoms with Crippen LogP contribution in [0.5, 0.6) is 0 Å². The number of halogens is 1. The molecule has 5 nitrogen and oxygen atoms in total. The number of fused-ring (bicyclic) bond motifs is 1. The standard InChI is InChI=1S/C14H11FN2O3S/c15-11-3-1-2-9-4-5-12(17-13(9)11)14(18)16-10-6-7-21(19,20)8-10/h1-7,10H,8H2,(H,16,18)/t10-/m1/s1. The van der Waals surface area contributed by atoms with E-state index in [-0.39, 0.29) is 17.0 Å². The Morgan fingerprint density at radius 1 is 1.29 bits per heavy atom. The summed E-state index contributed by atoms with van der Waals surface area (Å²) in [5.41, 5.74) is 0.157. The zero-order valence-corrected chi connectivity index (χ0v) is 11.6. The molecule has 21 heavy (non-hydrogen) atoms. The van der Waals surface area contributed by atoms with Crippen LogP contribution in [0.15, 0.2) is 41.8 Å². The number of amides is 1. The van der Waals surface area contributed by atoms with Gasteiger partial charge in [-0.1, -0.05) is 18.2 Å². The van der Waals surface area contributed by atoms with E-state index >= 15 is 0 Å². The van der Waals surface area contributed by atoms with Crippen molar-refractivity contribution in [1.29, 1.82) is 0 Å². The van der Waals surface area contributed by atoms with E-state index in [1.165, 1.54) is 18.2 Å². The molecule has 0 bridgehead atoms. The summed E-state index contributed by atoms with van der Waals surface area (Å²) >= 11 is 0. The number of rotatable bonds is 2. The molecule has 1 aliphatic rings. The van der Waals surface area contributed by atoms with Gasteiger partial charge in [-0.3, -0.25) is 4.79 Å². The van der Waals surface area contributed by atoms with Gasteiger partial charge in [0, 0.05) is 10.8 Å². The molecular formula is C14H11FN2O3S. The fourth-order valence-corrected chi connectivity index (χ4v) is 3.38. The highest BCUT2D eigenvalue weighted by atomic mass is 32.2. The van der Waals surface area contributed by atoms with Crippen LogP contribution in [-0.2, 0) is 9.84 Å². The van der Waals surface area contributed by atoms with Crippen LogP contribution in [0.3, 0.4) is 0 Å². The first-order valence-electron chi connectivity index (χ1n) is 6.22. The van der Waals surface area contributed by atoms with E-state index in [4.69, 9.17) is 0 Å². The van der Waals surface area contributed by atoms with Gasteiger partial charge in [0.25, 0.3) is 5.91 Å². The zero-order valence-electron chi connectivity index (χ0n) is 10.8. The Hall–Kier alpha value is -2.28. The van der Waals surface area contributed by atoms with Gasteiger partial charge < -0.3 is 5.32 Å². The van der Waals surface area contributed by atoms with Crippen LogP contribution in [-0.4, -0.2) is 31.1 Å². The summed E-state index contributed by atoms with van der Waals surface area (Å²) in [7, 11) is -3.24. The number of hydrogen-bond donors (Lipinski definition) is 1. The van der Waals surface area contributed by atoms with Gasteiger partial charge in [-0.25, -0.2) is 17.8 Å². The highest BCUT2D eigenvalue weighted by Crippen LogP contribution is 2.16. The van der Waals surface area contributed by atoms with Crippen LogP contribution in [0, 0.1) is 5.82 Å². The van der Waals surface area contributed by atoms with Crippen LogP contribution in [0.4, 0.5) is 4.39 Å². The molecule has 3 rings (SSSR count). The van der Waals surface area contributed by atoms with Gasteiger partial charge in [0.05, 0.1) is 11.8 Å². The second kappa shape index (κ2) is 4.92. The van der Waals surface area contributed by atoms with E-state index in [0.29, 0.717) is 5.39 Å². The molecule has 0 saturated carbocycles. The average molecular weight is 306 g/mol. The number of carbonyl (C=O) groups excluding carboxylic acids is 1. The molecule has 0 saturated heterocycles. The van der Waals surface area contributed by atoms with Gasteiger partial charge in [-0.15, -0.1) is 0 Å². The van der Waals surface area contributed by atoms with Gasteiger partial charge in [0.2, 0.25) is 0 Å². The molecule has 1 aromatic heterocycles. The number of nitrogens with zero attached hydrogens (tertiary/aromatic N) is 1. The van der Waals surface area contributed by atoms with Gasteiger partial charge in [-0.05, 0) is 18.2 Å². The minimum atomic E-state index is -3.24. The summed E-state index contributed by atoms with van der Waals surface area (Å²) in [6, 6.07) is 7.02. The number of benzene rings is 1. The van der Waals surface area contributed by atoms with E-state index in [9.17, 15) is 17.6 Å². The van der Waals surface area contributed by atoms with Crippen LogP contribution in [0.1, 0.15) is 10.5 Å². The third-order valence-corrected chi connectivity index (χ3v) is 4.55. The van der Waals surface area contributed by atoms with E-state index in [2.05, 4.69) is 10.3 Å². The van der Waals surface area contributed by atoms with Crippen molar-refractivity contribution in [3.8, 4) is 0 Å². The summed E-state index contributed by atoms with van der Waals surface area (Å²) in [4.78, 5) is 16.0. The molecule has 1 aliphatic heterocycles. The zero-order chi connectivity index (χ0) is 15.0. The first kappa shape index (κ1) is 13.7. The molecule has 0 spiro atoms. The summed E-state index contributed by atoms with van der Waals surface area (Å²) in [6.45, 7) is 0. The van der Waals surface area contributed by atoms with Crippen molar-refractivity contribution in [3.63, 3.8) is 0 Å². The van der Waals surface area contributed by atoms with Gasteiger partial charge in [0.1, 0.15) is 17.0 Å². The van der Waals surface area contributed by atoms with E-state index in [0.717, 1.165) is 5.41 Å². The molecule has 1 amide bonds. The molecule has 2 aromatic rings. The van der Waals surface area contributed by atoms with E-state index in [1.54, 1.807) is 18.2 Å². The summed E-state index contributed by atoms with van der Waals surface area (Å²) in [5.74, 6) is -1.21. The maximum absolute atomic E-state index is 13.7. The van der Waals surface area contributed by atoms with Crippen LogP contribution < -0.4 is 5.32 Å². The quantitative estimate of drug-likeness (QED) is 0.910. The number of para-hydroxylation sites is 1. The number of hydrogen-bond acceptors (Lipinski definition) is 4.